The number of pyridine rings is 1. The Labute approximate surface area is 84.9 Å². The molecule has 0 aromatic carbocycles. The summed E-state index contributed by atoms with van der Waals surface area (Å²) in [6, 6.07) is 4.19. The molecule has 1 atom stereocenters. The van der Waals surface area contributed by atoms with Gasteiger partial charge >= 0.3 is 0 Å². The Morgan fingerprint density at radius 3 is 2.79 bits per heavy atom. The van der Waals surface area contributed by atoms with Crippen LogP contribution in [0.15, 0.2) is 18.3 Å². The van der Waals surface area contributed by atoms with Crippen molar-refractivity contribution in [3.63, 3.8) is 0 Å². The molecule has 1 saturated heterocycles. The van der Waals surface area contributed by atoms with Crippen LogP contribution in [0, 0.1) is 0 Å². The molecular formula is C11H17N3. The molecule has 2 N–H and O–H groups in total. The first-order chi connectivity index (χ1) is 6.77. The number of nitrogens with two attached hydrogens (primary N) is 1. The van der Waals surface area contributed by atoms with E-state index in [1.807, 2.05) is 19.2 Å². The van der Waals surface area contributed by atoms with Crippen LogP contribution in [0.3, 0.4) is 0 Å². The molecule has 3 heteroatoms. The van der Waals surface area contributed by atoms with E-state index in [9.17, 15) is 0 Å². The molecule has 1 fully saturated rings. The molecule has 0 bridgehead atoms. The molecule has 1 aromatic heterocycles. The predicted octanol–water partition coefficient (Wildman–Crippen LogP) is 1.70. The largest absolute Gasteiger partial charge is 0.357 e. The van der Waals surface area contributed by atoms with Gasteiger partial charge in [-0.2, -0.15) is 0 Å². The van der Waals surface area contributed by atoms with Crippen LogP contribution in [0.1, 0.15) is 31.4 Å². The lowest BCUT2D eigenvalue weighted by molar-refractivity contribution is 0.811. The van der Waals surface area contributed by atoms with Gasteiger partial charge in [0.1, 0.15) is 5.82 Å². The van der Waals surface area contributed by atoms with E-state index in [1.54, 1.807) is 0 Å². The fraction of sp³-hybridized carbons (Fsp3) is 0.545. The zero-order chi connectivity index (χ0) is 9.97. The van der Waals surface area contributed by atoms with E-state index in [-0.39, 0.29) is 6.04 Å². The molecule has 0 unspecified atom stereocenters. The Morgan fingerprint density at radius 2 is 2.14 bits per heavy atom. The van der Waals surface area contributed by atoms with Crippen molar-refractivity contribution in [3.05, 3.63) is 23.9 Å². The summed E-state index contributed by atoms with van der Waals surface area (Å²) in [5.74, 6) is 1.08. The van der Waals surface area contributed by atoms with Crippen molar-refractivity contribution in [2.75, 3.05) is 18.0 Å². The minimum atomic E-state index is 0.0966. The second-order valence-corrected chi connectivity index (χ2v) is 3.93. The number of nitrogens with zero attached hydrogens (tertiary/aromatic N) is 2. The van der Waals surface area contributed by atoms with E-state index >= 15 is 0 Å². The van der Waals surface area contributed by atoms with Gasteiger partial charge in [-0.3, -0.25) is 0 Å². The van der Waals surface area contributed by atoms with E-state index in [0.29, 0.717) is 0 Å². The van der Waals surface area contributed by atoms with E-state index < -0.39 is 0 Å². The van der Waals surface area contributed by atoms with Crippen molar-refractivity contribution >= 4 is 5.82 Å². The highest BCUT2D eigenvalue weighted by Gasteiger charge is 2.13. The van der Waals surface area contributed by atoms with Crippen LogP contribution in [-0.2, 0) is 0 Å². The Morgan fingerprint density at radius 1 is 1.43 bits per heavy atom. The lowest BCUT2D eigenvalue weighted by Gasteiger charge is -2.17. The molecule has 0 radical (unpaired) electrons. The number of hydrogen-bond acceptors (Lipinski definition) is 3. The summed E-state index contributed by atoms with van der Waals surface area (Å²) in [6.07, 6.45) is 4.42. The predicted molar refractivity (Wildman–Crippen MR) is 58.3 cm³/mol. The Hall–Kier alpha value is -1.09. The van der Waals surface area contributed by atoms with Gasteiger partial charge in [0.25, 0.3) is 0 Å². The highest BCUT2D eigenvalue weighted by Crippen LogP contribution is 2.20. The third-order valence-corrected chi connectivity index (χ3v) is 2.73. The van der Waals surface area contributed by atoms with Crippen molar-refractivity contribution < 1.29 is 0 Å². The van der Waals surface area contributed by atoms with Crippen LogP contribution < -0.4 is 10.6 Å². The molecular weight excluding hydrogens is 174 g/mol. The highest BCUT2D eigenvalue weighted by atomic mass is 15.2. The van der Waals surface area contributed by atoms with E-state index in [1.165, 1.54) is 18.4 Å². The lowest BCUT2D eigenvalue weighted by atomic mass is 10.1. The van der Waals surface area contributed by atoms with Gasteiger partial charge in [-0.25, -0.2) is 4.98 Å². The summed E-state index contributed by atoms with van der Waals surface area (Å²) in [5.41, 5.74) is 7.00. The van der Waals surface area contributed by atoms with Crippen molar-refractivity contribution in [1.82, 2.24) is 4.98 Å². The van der Waals surface area contributed by atoms with Crippen molar-refractivity contribution in [2.24, 2.45) is 5.73 Å². The summed E-state index contributed by atoms with van der Waals surface area (Å²) < 4.78 is 0. The molecule has 1 aliphatic heterocycles. The minimum Gasteiger partial charge on any atom is -0.357 e. The van der Waals surface area contributed by atoms with Crippen molar-refractivity contribution in [3.8, 4) is 0 Å². The average molecular weight is 191 g/mol. The van der Waals surface area contributed by atoms with Crippen molar-refractivity contribution in [1.29, 1.82) is 0 Å². The summed E-state index contributed by atoms with van der Waals surface area (Å²) in [6.45, 7) is 4.27. The topological polar surface area (TPSA) is 42.1 Å². The van der Waals surface area contributed by atoms with Gasteiger partial charge in [0.15, 0.2) is 0 Å². The number of rotatable bonds is 2. The fourth-order valence-corrected chi connectivity index (χ4v) is 1.84. The third kappa shape index (κ3) is 1.87. The molecule has 2 rings (SSSR count). The van der Waals surface area contributed by atoms with Crippen molar-refractivity contribution in [2.45, 2.75) is 25.8 Å². The van der Waals surface area contributed by atoms with Crippen LogP contribution in [0.5, 0.6) is 0 Å². The molecule has 0 saturated carbocycles. The SMILES string of the molecule is C[C@@H](N)c1ccnc(N2CCCC2)c1. The molecule has 2 heterocycles. The van der Waals surface area contributed by atoms with Gasteiger partial charge in [0.2, 0.25) is 0 Å². The molecule has 0 amide bonds. The number of anilines is 1. The summed E-state index contributed by atoms with van der Waals surface area (Å²) in [7, 11) is 0. The Bertz CT molecular complexity index is 303. The van der Waals surface area contributed by atoms with E-state index in [4.69, 9.17) is 5.73 Å². The van der Waals surface area contributed by atoms with E-state index in [0.717, 1.165) is 18.9 Å². The van der Waals surface area contributed by atoms with Crippen LogP contribution in [0.4, 0.5) is 5.82 Å². The normalized spacial score (nSPS) is 18.6. The number of hydrogen-bond donors (Lipinski definition) is 1. The minimum absolute atomic E-state index is 0.0966. The summed E-state index contributed by atoms with van der Waals surface area (Å²) >= 11 is 0. The maximum absolute atomic E-state index is 5.83. The van der Waals surface area contributed by atoms with Crippen LogP contribution >= 0.6 is 0 Å². The third-order valence-electron chi connectivity index (χ3n) is 2.73. The first-order valence-electron chi connectivity index (χ1n) is 5.24. The maximum atomic E-state index is 5.83. The van der Waals surface area contributed by atoms with Crippen LogP contribution in [-0.4, -0.2) is 18.1 Å². The van der Waals surface area contributed by atoms with Crippen LogP contribution in [0.2, 0.25) is 0 Å². The zero-order valence-electron chi connectivity index (χ0n) is 8.61. The molecule has 0 aliphatic carbocycles. The standard InChI is InChI=1S/C11H17N3/c1-9(12)10-4-5-13-11(8-10)14-6-2-3-7-14/h4-5,8-9H,2-3,6-7,12H2,1H3/t9-/m1/s1. The Kier molecular flexibility index (Phi) is 2.68. The van der Waals surface area contributed by atoms with Gasteiger partial charge < -0.3 is 10.6 Å². The van der Waals surface area contributed by atoms with Gasteiger partial charge in [0.05, 0.1) is 0 Å². The second-order valence-electron chi connectivity index (χ2n) is 3.93. The molecule has 76 valence electrons. The molecule has 3 nitrogen and oxygen atoms in total. The molecule has 1 aromatic rings. The average Bonchev–Trinajstić information content (AvgIpc) is 2.71. The summed E-state index contributed by atoms with van der Waals surface area (Å²) in [4.78, 5) is 6.70. The van der Waals surface area contributed by atoms with Gasteiger partial charge in [0, 0.05) is 25.3 Å². The Balaban J connectivity index is 2.21. The fourth-order valence-electron chi connectivity index (χ4n) is 1.84. The lowest BCUT2D eigenvalue weighted by Crippen LogP contribution is -2.19. The number of aromatic nitrogens is 1. The van der Waals surface area contributed by atoms with Crippen LogP contribution in [0.25, 0.3) is 0 Å². The zero-order valence-corrected chi connectivity index (χ0v) is 8.61. The summed E-state index contributed by atoms with van der Waals surface area (Å²) in [5, 5.41) is 0. The van der Waals surface area contributed by atoms with E-state index in [2.05, 4.69) is 16.0 Å². The molecule has 1 aliphatic rings. The van der Waals surface area contributed by atoms with Gasteiger partial charge in [-0.05, 0) is 37.5 Å². The molecule has 14 heavy (non-hydrogen) atoms. The second kappa shape index (κ2) is 3.96. The van der Waals surface area contributed by atoms with Gasteiger partial charge in [-0.15, -0.1) is 0 Å². The monoisotopic (exact) mass is 191 g/mol. The first kappa shape index (κ1) is 9.46. The maximum Gasteiger partial charge on any atom is 0.128 e. The highest BCUT2D eigenvalue weighted by molar-refractivity contribution is 5.42. The molecule has 0 spiro atoms. The quantitative estimate of drug-likeness (QED) is 0.773. The first-order valence-corrected chi connectivity index (χ1v) is 5.24. The smallest absolute Gasteiger partial charge is 0.128 e. The van der Waals surface area contributed by atoms with Gasteiger partial charge in [-0.1, -0.05) is 0 Å².